The van der Waals surface area contributed by atoms with Gasteiger partial charge in [0.1, 0.15) is 0 Å². The summed E-state index contributed by atoms with van der Waals surface area (Å²) in [5, 5.41) is 13.2. The van der Waals surface area contributed by atoms with Crippen molar-refractivity contribution in [3.05, 3.63) is 83.1 Å². The van der Waals surface area contributed by atoms with E-state index in [-0.39, 0.29) is 6.61 Å². The van der Waals surface area contributed by atoms with Crippen LogP contribution in [-0.2, 0) is 13.2 Å². The number of aromatic nitrogens is 1. The number of pyridine rings is 1. The SMILES string of the molecule is OCc1ccc(Cl)c(NCc2cccc(-c3ccncc3)c2)c1. The van der Waals surface area contributed by atoms with Gasteiger partial charge in [0.2, 0.25) is 0 Å². The summed E-state index contributed by atoms with van der Waals surface area (Å²) < 4.78 is 0. The molecule has 0 atom stereocenters. The number of hydrogen-bond donors (Lipinski definition) is 2. The zero-order valence-electron chi connectivity index (χ0n) is 12.5. The van der Waals surface area contributed by atoms with E-state index in [0.717, 1.165) is 27.9 Å². The monoisotopic (exact) mass is 324 g/mol. The number of nitrogens with zero attached hydrogens (tertiary/aromatic N) is 1. The first-order chi connectivity index (χ1) is 11.3. The van der Waals surface area contributed by atoms with Crippen molar-refractivity contribution in [3.63, 3.8) is 0 Å². The number of aliphatic hydroxyl groups excluding tert-OH is 1. The number of aliphatic hydroxyl groups is 1. The fraction of sp³-hybridized carbons (Fsp3) is 0.105. The minimum absolute atomic E-state index is 0.00335. The van der Waals surface area contributed by atoms with Gasteiger partial charge in [0, 0.05) is 18.9 Å². The lowest BCUT2D eigenvalue weighted by Gasteiger charge is -2.11. The van der Waals surface area contributed by atoms with Crippen LogP contribution in [0.5, 0.6) is 0 Å². The normalized spacial score (nSPS) is 10.5. The fourth-order valence-electron chi connectivity index (χ4n) is 2.41. The zero-order chi connectivity index (χ0) is 16.1. The average Bonchev–Trinajstić information content (AvgIpc) is 2.62. The molecule has 4 heteroatoms. The van der Waals surface area contributed by atoms with Crippen LogP contribution >= 0.6 is 11.6 Å². The first kappa shape index (κ1) is 15.5. The minimum atomic E-state index is 0.00335. The molecule has 3 aromatic rings. The molecular weight excluding hydrogens is 308 g/mol. The van der Waals surface area contributed by atoms with Crippen molar-refractivity contribution in [2.75, 3.05) is 5.32 Å². The molecule has 1 heterocycles. The van der Waals surface area contributed by atoms with Gasteiger partial charge in [0.15, 0.2) is 0 Å². The molecule has 0 aliphatic carbocycles. The quantitative estimate of drug-likeness (QED) is 0.726. The van der Waals surface area contributed by atoms with E-state index in [2.05, 4.69) is 28.5 Å². The van der Waals surface area contributed by atoms with Crippen LogP contribution in [0.2, 0.25) is 5.02 Å². The summed E-state index contributed by atoms with van der Waals surface area (Å²) in [4.78, 5) is 4.05. The molecule has 116 valence electrons. The highest BCUT2D eigenvalue weighted by Gasteiger charge is 2.03. The van der Waals surface area contributed by atoms with Crippen molar-refractivity contribution in [3.8, 4) is 11.1 Å². The summed E-state index contributed by atoms with van der Waals surface area (Å²) in [6.07, 6.45) is 3.58. The Morgan fingerprint density at radius 3 is 2.52 bits per heavy atom. The Labute approximate surface area is 140 Å². The second-order valence-electron chi connectivity index (χ2n) is 5.26. The van der Waals surface area contributed by atoms with Gasteiger partial charge in [-0.3, -0.25) is 4.98 Å². The van der Waals surface area contributed by atoms with Gasteiger partial charge < -0.3 is 10.4 Å². The molecule has 2 N–H and O–H groups in total. The van der Waals surface area contributed by atoms with Gasteiger partial charge >= 0.3 is 0 Å². The highest BCUT2D eigenvalue weighted by molar-refractivity contribution is 6.33. The third-order valence-electron chi connectivity index (χ3n) is 3.64. The molecule has 0 saturated carbocycles. The molecule has 1 aromatic heterocycles. The first-order valence-corrected chi connectivity index (χ1v) is 7.76. The summed E-state index contributed by atoms with van der Waals surface area (Å²) in [7, 11) is 0. The maximum atomic E-state index is 9.22. The van der Waals surface area contributed by atoms with Crippen LogP contribution in [-0.4, -0.2) is 10.1 Å². The Morgan fingerprint density at radius 2 is 1.74 bits per heavy atom. The maximum absolute atomic E-state index is 9.22. The second kappa shape index (κ2) is 7.27. The third-order valence-corrected chi connectivity index (χ3v) is 3.97. The Morgan fingerprint density at radius 1 is 0.913 bits per heavy atom. The summed E-state index contributed by atoms with van der Waals surface area (Å²) in [5.74, 6) is 0. The van der Waals surface area contributed by atoms with Gasteiger partial charge in [-0.05, 0) is 52.6 Å². The van der Waals surface area contributed by atoms with E-state index in [1.54, 1.807) is 18.5 Å². The number of rotatable bonds is 5. The van der Waals surface area contributed by atoms with E-state index in [1.807, 2.05) is 30.3 Å². The molecule has 0 bridgehead atoms. The molecule has 0 radical (unpaired) electrons. The fourth-order valence-corrected chi connectivity index (χ4v) is 2.59. The van der Waals surface area contributed by atoms with Crippen LogP contribution in [0.15, 0.2) is 67.0 Å². The van der Waals surface area contributed by atoms with E-state index in [4.69, 9.17) is 11.6 Å². The molecular formula is C19H17ClN2O. The number of halogens is 1. The van der Waals surface area contributed by atoms with Crippen LogP contribution < -0.4 is 5.32 Å². The van der Waals surface area contributed by atoms with E-state index >= 15 is 0 Å². The standard InChI is InChI=1S/C19H17ClN2O/c20-18-5-4-15(13-23)11-19(18)22-12-14-2-1-3-17(10-14)16-6-8-21-9-7-16/h1-11,22-23H,12-13H2. The smallest absolute Gasteiger partial charge is 0.0682 e. The van der Waals surface area contributed by atoms with E-state index in [0.29, 0.717) is 11.6 Å². The van der Waals surface area contributed by atoms with Crippen LogP contribution in [0.3, 0.4) is 0 Å². The highest BCUT2D eigenvalue weighted by atomic mass is 35.5. The number of hydrogen-bond acceptors (Lipinski definition) is 3. The average molecular weight is 325 g/mol. The highest BCUT2D eigenvalue weighted by Crippen LogP contribution is 2.25. The van der Waals surface area contributed by atoms with Gasteiger partial charge in [0.25, 0.3) is 0 Å². The lowest BCUT2D eigenvalue weighted by molar-refractivity contribution is 0.282. The third kappa shape index (κ3) is 3.89. The molecule has 0 amide bonds. The number of anilines is 1. The van der Waals surface area contributed by atoms with Crippen LogP contribution in [0.25, 0.3) is 11.1 Å². The summed E-state index contributed by atoms with van der Waals surface area (Å²) in [5.41, 5.74) is 5.11. The second-order valence-corrected chi connectivity index (χ2v) is 5.67. The Kier molecular flexibility index (Phi) is 4.91. The lowest BCUT2D eigenvalue weighted by atomic mass is 10.0. The molecule has 0 spiro atoms. The van der Waals surface area contributed by atoms with Gasteiger partial charge in [-0.1, -0.05) is 35.9 Å². The van der Waals surface area contributed by atoms with Crippen LogP contribution in [0.4, 0.5) is 5.69 Å². The van der Waals surface area contributed by atoms with Crippen molar-refractivity contribution >= 4 is 17.3 Å². The van der Waals surface area contributed by atoms with Crippen molar-refractivity contribution in [2.24, 2.45) is 0 Å². The molecule has 0 saturated heterocycles. The van der Waals surface area contributed by atoms with Crippen molar-refractivity contribution in [1.82, 2.24) is 4.98 Å². The van der Waals surface area contributed by atoms with Crippen molar-refractivity contribution in [1.29, 1.82) is 0 Å². The molecule has 0 fully saturated rings. The molecule has 0 unspecified atom stereocenters. The van der Waals surface area contributed by atoms with E-state index in [9.17, 15) is 5.11 Å². The molecule has 3 rings (SSSR count). The van der Waals surface area contributed by atoms with E-state index in [1.165, 1.54) is 0 Å². The van der Waals surface area contributed by atoms with Gasteiger partial charge in [-0.2, -0.15) is 0 Å². The zero-order valence-corrected chi connectivity index (χ0v) is 13.3. The number of nitrogens with one attached hydrogen (secondary N) is 1. The topological polar surface area (TPSA) is 45.1 Å². The predicted octanol–water partition coefficient (Wildman–Crippen LogP) is 4.51. The molecule has 0 aliphatic heterocycles. The van der Waals surface area contributed by atoms with E-state index < -0.39 is 0 Å². The van der Waals surface area contributed by atoms with Gasteiger partial charge in [-0.15, -0.1) is 0 Å². The summed E-state index contributed by atoms with van der Waals surface area (Å²) >= 11 is 6.20. The van der Waals surface area contributed by atoms with Crippen molar-refractivity contribution < 1.29 is 5.11 Å². The Hall–Kier alpha value is -2.36. The minimum Gasteiger partial charge on any atom is -0.392 e. The summed E-state index contributed by atoms with van der Waals surface area (Å²) in [6.45, 7) is 0.664. The van der Waals surface area contributed by atoms with Gasteiger partial charge in [0.05, 0.1) is 17.3 Å². The first-order valence-electron chi connectivity index (χ1n) is 7.39. The molecule has 3 nitrogen and oxygen atoms in total. The van der Waals surface area contributed by atoms with Crippen LogP contribution in [0.1, 0.15) is 11.1 Å². The number of benzene rings is 2. The molecule has 0 aliphatic rings. The molecule has 23 heavy (non-hydrogen) atoms. The Bertz CT molecular complexity index is 790. The molecule has 2 aromatic carbocycles. The van der Waals surface area contributed by atoms with Gasteiger partial charge in [-0.25, -0.2) is 0 Å². The maximum Gasteiger partial charge on any atom is 0.0682 e. The Balaban J connectivity index is 1.77. The lowest BCUT2D eigenvalue weighted by Crippen LogP contribution is -2.01. The summed E-state index contributed by atoms with van der Waals surface area (Å²) in [6, 6.07) is 17.8. The van der Waals surface area contributed by atoms with Crippen molar-refractivity contribution in [2.45, 2.75) is 13.2 Å². The van der Waals surface area contributed by atoms with Crippen LogP contribution in [0, 0.1) is 0 Å². The predicted molar refractivity (Wildman–Crippen MR) is 94.4 cm³/mol. The largest absolute Gasteiger partial charge is 0.392 e.